The van der Waals surface area contributed by atoms with Crippen molar-refractivity contribution in [2.75, 3.05) is 30.4 Å². The first-order valence-corrected chi connectivity index (χ1v) is 8.70. The van der Waals surface area contributed by atoms with E-state index in [4.69, 9.17) is 0 Å². The SMILES string of the molecule is CCCNc1ccc(C)cc1C(=O)NCCS(C)(=O)=O. The summed E-state index contributed by atoms with van der Waals surface area (Å²) in [6.45, 7) is 4.87. The van der Waals surface area contributed by atoms with Gasteiger partial charge in [-0.3, -0.25) is 4.79 Å². The van der Waals surface area contributed by atoms with E-state index >= 15 is 0 Å². The van der Waals surface area contributed by atoms with Gasteiger partial charge in [0.2, 0.25) is 0 Å². The highest BCUT2D eigenvalue weighted by Crippen LogP contribution is 2.17. The van der Waals surface area contributed by atoms with E-state index in [-0.39, 0.29) is 18.2 Å². The number of aryl methyl sites for hydroxylation is 1. The number of hydrogen-bond acceptors (Lipinski definition) is 4. The molecule has 1 aromatic rings. The van der Waals surface area contributed by atoms with Crippen LogP contribution in [0.15, 0.2) is 18.2 Å². The number of rotatable bonds is 7. The second-order valence-corrected chi connectivity index (χ2v) is 7.12. The standard InChI is InChI=1S/C14H22N2O3S/c1-4-7-15-13-6-5-11(2)10-12(13)14(17)16-8-9-20(3,18)19/h5-6,10,15H,4,7-9H2,1-3H3,(H,16,17). The minimum atomic E-state index is -3.06. The Morgan fingerprint density at radius 3 is 2.55 bits per heavy atom. The number of sulfone groups is 1. The highest BCUT2D eigenvalue weighted by molar-refractivity contribution is 7.90. The summed E-state index contributed by atoms with van der Waals surface area (Å²) < 4.78 is 22.1. The van der Waals surface area contributed by atoms with Crippen LogP contribution in [0.5, 0.6) is 0 Å². The van der Waals surface area contributed by atoms with E-state index in [0.29, 0.717) is 5.56 Å². The van der Waals surface area contributed by atoms with Gasteiger partial charge in [-0.1, -0.05) is 18.6 Å². The van der Waals surface area contributed by atoms with E-state index in [9.17, 15) is 13.2 Å². The van der Waals surface area contributed by atoms with Crippen molar-refractivity contribution < 1.29 is 13.2 Å². The van der Waals surface area contributed by atoms with Crippen LogP contribution in [-0.2, 0) is 9.84 Å². The summed E-state index contributed by atoms with van der Waals surface area (Å²) in [6, 6.07) is 5.61. The van der Waals surface area contributed by atoms with Crippen LogP contribution in [-0.4, -0.2) is 39.4 Å². The van der Waals surface area contributed by atoms with Crippen molar-refractivity contribution in [2.45, 2.75) is 20.3 Å². The van der Waals surface area contributed by atoms with Crippen molar-refractivity contribution in [3.8, 4) is 0 Å². The lowest BCUT2D eigenvalue weighted by Gasteiger charge is -2.12. The number of benzene rings is 1. The van der Waals surface area contributed by atoms with E-state index in [2.05, 4.69) is 10.6 Å². The predicted molar refractivity (Wildman–Crippen MR) is 82.0 cm³/mol. The summed E-state index contributed by atoms with van der Waals surface area (Å²) in [5, 5.41) is 5.84. The molecule has 6 heteroatoms. The van der Waals surface area contributed by atoms with Crippen molar-refractivity contribution >= 4 is 21.4 Å². The molecule has 0 aliphatic carbocycles. The summed E-state index contributed by atoms with van der Waals surface area (Å²) >= 11 is 0. The van der Waals surface area contributed by atoms with E-state index in [1.165, 1.54) is 0 Å². The summed E-state index contributed by atoms with van der Waals surface area (Å²) in [6.07, 6.45) is 2.11. The molecule has 0 aliphatic rings. The molecule has 1 aromatic carbocycles. The molecule has 0 atom stereocenters. The van der Waals surface area contributed by atoms with Crippen LogP contribution < -0.4 is 10.6 Å². The van der Waals surface area contributed by atoms with E-state index in [1.807, 2.05) is 26.0 Å². The summed E-state index contributed by atoms with van der Waals surface area (Å²) in [4.78, 5) is 12.1. The zero-order valence-corrected chi connectivity index (χ0v) is 13.0. The lowest BCUT2D eigenvalue weighted by atomic mass is 10.1. The van der Waals surface area contributed by atoms with Gasteiger partial charge in [0.15, 0.2) is 0 Å². The molecule has 0 unspecified atom stereocenters. The maximum Gasteiger partial charge on any atom is 0.253 e. The molecule has 1 rings (SSSR count). The van der Waals surface area contributed by atoms with Gasteiger partial charge in [0.05, 0.1) is 11.3 Å². The third kappa shape index (κ3) is 5.61. The number of carbonyl (C=O) groups excluding carboxylic acids is 1. The van der Waals surface area contributed by atoms with Crippen molar-refractivity contribution in [1.29, 1.82) is 0 Å². The highest BCUT2D eigenvalue weighted by Gasteiger charge is 2.12. The Morgan fingerprint density at radius 2 is 1.95 bits per heavy atom. The largest absolute Gasteiger partial charge is 0.384 e. The predicted octanol–water partition coefficient (Wildman–Crippen LogP) is 1.59. The van der Waals surface area contributed by atoms with E-state index in [1.54, 1.807) is 6.07 Å². The van der Waals surface area contributed by atoms with Crippen LogP contribution in [0.1, 0.15) is 29.3 Å². The van der Waals surface area contributed by atoms with Crippen molar-refractivity contribution in [3.05, 3.63) is 29.3 Å². The fourth-order valence-corrected chi connectivity index (χ4v) is 2.18. The molecule has 0 saturated heterocycles. The number of nitrogens with one attached hydrogen (secondary N) is 2. The summed E-state index contributed by atoms with van der Waals surface area (Å²) in [7, 11) is -3.06. The zero-order chi connectivity index (χ0) is 15.2. The van der Waals surface area contributed by atoms with Crippen molar-refractivity contribution in [1.82, 2.24) is 5.32 Å². The second-order valence-electron chi connectivity index (χ2n) is 4.86. The first-order valence-electron chi connectivity index (χ1n) is 6.64. The maximum atomic E-state index is 12.1. The van der Waals surface area contributed by atoms with Gasteiger partial charge in [-0.05, 0) is 25.5 Å². The molecule has 0 heterocycles. The lowest BCUT2D eigenvalue weighted by molar-refractivity contribution is 0.0957. The molecule has 0 aromatic heterocycles. The third-order valence-electron chi connectivity index (χ3n) is 2.74. The van der Waals surface area contributed by atoms with Crippen LogP contribution in [0.3, 0.4) is 0 Å². The first-order chi connectivity index (χ1) is 9.33. The fourth-order valence-electron chi connectivity index (χ4n) is 1.70. The van der Waals surface area contributed by atoms with Crippen molar-refractivity contribution in [3.63, 3.8) is 0 Å². The van der Waals surface area contributed by atoms with Crippen LogP contribution >= 0.6 is 0 Å². The quantitative estimate of drug-likeness (QED) is 0.801. The molecule has 2 N–H and O–H groups in total. The minimum absolute atomic E-state index is 0.0533. The average molecular weight is 298 g/mol. The number of amides is 1. The molecule has 0 spiro atoms. The number of hydrogen-bond donors (Lipinski definition) is 2. The van der Waals surface area contributed by atoms with Crippen molar-refractivity contribution in [2.24, 2.45) is 0 Å². The number of anilines is 1. The smallest absolute Gasteiger partial charge is 0.253 e. The Kier molecular flexibility index (Phi) is 6.01. The Labute approximate surface area is 120 Å². The Balaban J connectivity index is 2.77. The van der Waals surface area contributed by atoms with E-state index in [0.717, 1.165) is 30.5 Å². The molecule has 0 bridgehead atoms. The maximum absolute atomic E-state index is 12.1. The normalized spacial score (nSPS) is 11.2. The van der Waals surface area contributed by atoms with Crippen LogP contribution in [0.25, 0.3) is 0 Å². The highest BCUT2D eigenvalue weighted by atomic mass is 32.2. The monoisotopic (exact) mass is 298 g/mol. The van der Waals surface area contributed by atoms with Crippen LogP contribution in [0.2, 0.25) is 0 Å². The van der Waals surface area contributed by atoms with Gasteiger partial charge in [-0.25, -0.2) is 8.42 Å². The lowest BCUT2D eigenvalue weighted by Crippen LogP contribution is -2.29. The Hall–Kier alpha value is -1.56. The van der Waals surface area contributed by atoms with E-state index < -0.39 is 9.84 Å². The van der Waals surface area contributed by atoms with Gasteiger partial charge >= 0.3 is 0 Å². The molecule has 0 saturated carbocycles. The Bertz CT molecular complexity index is 568. The molecular formula is C14H22N2O3S. The van der Waals surface area contributed by atoms with Gasteiger partial charge < -0.3 is 10.6 Å². The molecule has 5 nitrogen and oxygen atoms in total. The third-order valence-corrected chi connectivity index (χ3v) is 3.69. The van der Waals surface area contributed by atoms with Crippen LogP contribution in [0.4, 0.5) is 5.69 Å². The second kappa shape index (κ2) is 7.28. The molecule has 0 aliphatic heterocycles. The number of carbonyl (C=O) groups is 1. The van der Waals surface area contributed by atoms with Gasteiger partial charge in [-0.2, -0.15) is 0 Å². The fraction of sp³-hybridized carbons (Fsp3) is 0.500. The van der Waals surface area contributed by atoms with Gasteiger partial charge in [0.1, 0.15) is 9.84 Å². The molecule has 0 radical (unpaired) electrons. The molecular weight excluding hydrogens is 276 g/mol. The van der Waals surface area contributed by atoms with Crippen LogP contribution in [0, 0.1) is 6.92 Å². The van der Waals surface area contributed by atoms with Gasteiger partial charge in [0, 0.05) is 25.0 Å². The molecule has 20 heavy (non-hydrogen) atoms. The molecule has 1 amide bonds. The minimum Gasteiger partial charge on any atom is -0.384 e. The zero-order valence-electron chi connectivity index (χ0n) is 12.2. The van der Waals surface area contributed by atoms with Gasteiger partial charge in [-0.15, -0.1) is 0 Å². The summed E-state index contributed by atoms with van der Waals surface area (Å²) in [5.74, 6) is -0.307. The first kappa shape index (κ1) is 16.5. The summed E-state index contributed by atoms with van der Waals surface area (Å²) in [5.41, 5.74) is 2.31. The topological polar surface area (TPSA) is 75.3 Å². The Morgan fingerprint density at radius 1 is 1.25 bits per heavy atom. The molecule has 0 fully saturated rings. The van der Waals surface area contributed by atoms with Gasteiger partial charge in [0.25, 0.3) is 5.91 Å². The average Bonchev–Trinajstić information content (AvgIpc) is 2.35. The molecule has 112 valence electrons.